The molecule has 1 saturated heterocycles. The summed E-state index contributed by atoms with van der Waals surface area (Å²) in [5.41, 5.74) is 0.319. The van der Waals surface area contributed by atoms with Crippen LogP contribution < -0.4 is 9.47 Å². The van der Waals surface area contributed by atoms with Gasteiger partial charge in [0.2, 0.25) is 0 Å². The first-order valence-electron chi connectivity index (χ1n) is 10.3. The van der Waals surface area contributed by atoms with Crippen molar-refractivity contribution in [3.8, 4) is 17.6 Å². The van der Waals surface area contributed by atoms with Crippen LogP contribution in [0.4, 0.5) is 0 Å². The molecule has 1 atom stereocenters. The first-order valence-corrected chi connectivity index (χ1v) is 10.3. The first kappa shape index (κ1) is 20.5. The lowest BCUT2D eigenvalue weighted by atomic mass is 9.73. The number of carboxylic acids is 1. The zero-order chi connectivity index (χ0) is 20.1. The molecule has 0 radical (unpaired) electrons. The lowest BCUT2D eigenvalue weighted by Gasteiger charge is -2.40. The minimum absolute atomic E-state index is 0.213. The van der Waals surface area contributed by atoms with Gasteiger partial charge >= 0.3 is 5.97 Å². The molecular formula is C22H30N2O4. The largest absolute Gasteiger partial charge is 0.493 e. The molecule has 0 bridgehead atoms. The fourth-order valence-corrected chi connectivity index (χ4v) is 4.52. The predicted molar refractivity (Wildman–Crippen MR) is 106 cm³/mol. The Morgan fingerprint density at radius 1 is 1.32 bits per heavy atom. The molecule has 1 unspecified atom stereocenters. The Hall–Kier alpha value is -2.26. The first-order chi connectivity index (χ1) is 13.5. The number of nitrogens with zero attached hydrogens (tertiary/aromatic N) is 2. The van der Waals surface area contributed by atoms with Crippen LogP contribution in [0.5, 0.6) is 11.5 Å². The molecule has 0 aromatic heterocycles. The Bertz CT molecular complexity index is 729. The highest BCUT2D eigenvalue weighted by molar-refractivity contribution is 5.73. The Kier molecular flexibility index (Phi) is 6.46. The number of methoxy groups -OCH3 is 1. The van der Waals surface area contributed by atoms with Gasteiger partial charge in [0.05, 0.1) is 24.7 Å². The summed E-state index contributed by atoms with van der Waals surface area (Å²) >= 11 is 0. The van der Waals surface area contributed by atoms with Crippen LogP contribution in [0.25, 0.3) is 0 Å². The van der Waals surface area contributed by atoms with Gasteiger partial charge in [-0.15, -0.1) is 0 Å². The molecular weight excluding hydrogens is 356 g/mol. The van der Waals surface area contributed by atoms with Crippen molar-refractivity contribution in [1.82, 2.24) is 4.90 Å². The molecule has 1 saturated carbocycles. The summed E-state index contributed by atoms with van der Waals surface area (Å²) in [7, 11) is 1.63. The van der Waals surface area contributed by atoms with Crippen molar-refractivity contribution < 1.29 is 19.4 Å². The average molecular weight is 386 g/mol. The normalized spacial score (nSPS) is 21.0. The van der Waals surface area contributed by atoms with Crippen LogP contribution in [0.2, 0.25) is 0 Å². The van der Waals surface area contributed by atoms with Crippen LogP contribution in [-0.4, -0.2) is 48.3 Å². The van der Waals surface area contributed by atoms with Crippen LogP contribution in [0.15, 0.2) is 18.2 Å². The van der Waals surface area contributed by atoms with Crippen molar-refractivity contribution in [2.45, 2.75) is 69.4 Å². The highest BCUT2D eigenvalue weighted by Gasteiger charge is 2.39. The summed E-state index contributed by atoms with van der Waals surface area (Å²) < 4.78 is 11.7. The zero-order valence-electron chi connectivity index (χ0n) is 16.8. The van der Waals surface area contributed by atoms with Gasteiger partial charge in [0.15, 0.2) is 11.5 Å². The Morgan fingerprint density at radius 2 is 2.00 bits per heavy atom. The molecule has 6 heteroatoms. The summed E-state index contributed by atoms with van der Waals surface area (Å²) in [5, 5.41) is 19.5. The number of hydrogen-bond acceptors (Lipinski definition) is 5. The maximum Gasteiger partial charge on any atom is 0.320 e. The van der Waals surface area contributed by atoms with Crippen molar-refractivity contribution in [3.63, 3.8) is 0 Å². The third-order valence-electron chi connectivity index (χ3n) is 6.29. The summed E-state index contributed by atoms with van der Waals surface area (Å²) in [4.78, 5) is 13.5. The number of aliphatic carboxylic acids is 1. The highest BCUT2D eigenvalue weighted by atomic mass is 16.5. The van der Waals surface area contributed by atoms with E-state index in [1.54, 1.807) is 7.11 Å². The smallest absolute Gasteiger partial charge is 0.320 e. The molecule has 0 spiro atoms. The van der Waals surface area contributed by atoms with E-state index in [1.807, 2.05) is 30.0 Å². The van der Waals surface area contributed by atoms with Gasteiger partial charge in [-0.2, -0.15) is 5.26 Å². The lowest BCUT2D eigenvalue weighted by molar-refractivity contribution is -0.144. The molecule has 152 valence electrons. The second-order valence-electron chi connectivity index (χ2n) is 7.88. The van der Waals surface area contributed by atoms with Crippen LogP contribution in [0.1, 0.15) is 57.4 Å². The molecule has 1 N–H and O–H groups in total. The van der Waals surface area contributed by atoms with Crippen molar-refractivity contribution in [2.24, 2.45) is 0 Å². The number of nitriles is 1. The van der Waals surface area contributed by atoms with Crippen LogP contribution in [0, 0.1) is 11.3 Å². The van der Waals surface area contributed by atoms with Crippen LogP contribution in [0.3, 0.4) is 0 Å². The number of carboxylic acid groups (broad SMARTS) is 1. The number of likely N-dealkylation sites (tertiary alicyclic amines) is 1. The number of hydrogen-bond donors (Lipinski definition) is 1. The molecule has 1 aliphatic carbocycles. The fourth-order valence-electron chi connectivity index (χ4n) is 4.52. The van der Waals surface area contributed by atoms with E-state index >= 15 is 0 Å². The molecule has 1 aromatic carbocycles. The fraction of sp³-hybridized carbons (Fsp3) is 0.636. The number of ether oxygens (including phenoxy) is 2. The summed E-state index contributed by atoms with van der Waals surface area (Å²) in [6, 6.07) is 7.85. The molecule has 1 aliphatic heterocycles. The molecule has 2 fully saturated rings. The van der Waals surface area contributed by atoms with Crippen LogP contribution in [-0.2, 0) is 10.2 Å². The molecule has 1 heterocycles. The van der Waals surface area contributed by atoms with Gasteiger partial charge in [-0.1, -0.05) is 13.0 Å². The average Bonchev–Trinajstić information content (AvgIpc) is 3.22. The van der Waals surface area contributed by atoms with Crippen molar-refractivity contribution >= 4 is 5.97 Å². The maximum atomic E-state index is 11.5. The van der Waals surface area contributed by atoms with E-state index < -0.39 is 17.4 Å². The minimum Gasteiger partial charge on any atom is -0.493 e. The third kappa shape index (κ3) is 4.10. The van der Waals surface area contributed by atoms with Crippen LogP contribution >= 0.6 is 0 Å². The van der Waals surface area contributed by atoms with Crippen molar-refractivity contribution in [1.29, 1.82) is 5.26 Å². The summed E-state index contributed by atoms with van der Waals surface area (Å²) in [6.07, 6.45) is 6.49. The molecule has 28 heavy (non-hydrogen) atoms. The van der Waals surface area contributed by atoms with E-state index in [9.17, 15) is 15.2 Å². The van der Waals surface area contributed by atoms with Gasteiger partial charge in [-0.3, -0.25) is 9.69 Å². The van der Waals surface area contributed by atoms with E-state index in [1.165, 1.54) is 12.8 Å². The Labute approximate surface area is 167 Å². The number of carbonyl (C=O) groups is 1. The van der Waals surface area contributed by atoms with Gasteiger partial charge in [-0.25, -0.2) is 0 Å². The van der Waals surface area contributed by atoms with E-state index in [-0.39, 0.29) is 6.10 Å². The molecule has 3 rings (SSSR count). The predicted octanol–water partition coefficient (Wildman–Crippen LogP) is 3.74. The van der Waals surface area contributed by atoms with Crippen molar-refractivity contribution in [2.75, 3.05) is 20.2 Å². The van der Waals surface area contributed by atoms with E-state index in [0.29, 0.717) is 43.9 Å². The van der Waals surface area contributed by atoms with Gasteiger partial charge in [-0.05, 0) is 62.6 Å². The van der Waals surface area contributed by atoms with Gasteiger partial charge in [0.25, 0.3) is 0 Å². The van der Waals surface area contributed by atoms with E-state index in [4.69, 9.17) is 9.47 Å². The second kappa shape index (κ2) is 8.83. The van der Waals surface area contributed by atoms with Crippen molar-refractivity contribution in [3.05, 3.63) is 23.8 Å². The minimum atomic E-state index is -0.788. The topological polar surface area (TPSA) is 82.8 Å². The molecule has 2 aliphatic rings. The summed E-state index contributed by atoms with van der Waals surface area (Å²) in [5.74, 6) is 0.614. The summed E-state index contributed by atoms with van der Waals surface area (Å²) in [6.45, 7) is 3.09. The van der Waals surface area contributed by atoms with Gasteiger partial charge in [0.1, 0.15) is 6.04 Å². The molecule has 0 amide bonds. The monoisotopic (exact) mass is 386 g/mol. The lowest BCUT2D eigenvalue weighted by Crippen LogP contribution is -2.49. The third-order valence-corrected chi connectivity index (χ3v) is 6.29. The number of benzene rings is 1. The van der Waals surface area contributed by atoms with Gasteiger partial charge in [0, 0.05) is 13.1 Å². The quantitative estimate of drug-likeness (QED) is 0.769. The molecule has 1 aromatic rings. The second-order valence-corrected chi connectivity index (χ2v) is 7.88. The Balaban J connectivity index is 1.80. The SMILES string of the molecule is CCC(C(=O)O)N1CCC(C#N)(c2ccc(OC)c(OC3CCCC3)c2)CC1. The molecule has 6 nitrogen and oxygen atoms in total. The van der Waals surface area contributed by atoms with Gasteiger partial charge < -0.3 is 14.6 Å². The highest BCUT2D eigenvalue weighted by Crippen LogP contribution is 2.40. The zero-order valence-corrected chi connectivity index (χ0v) is 16.8. The van der Waals surface area contributed by atoms with E-state index in [0.717, 1.165) is 18.4 Å². The van der Waals surface area contributed by atoms with E-state index in [2.05, 4.69) is 6.07 Å². The maximum absolute atomic E-state index is 11.5. The standard InChI is InChI=1S/C22H30N2O4/c1-3-18(21(25)26)24-12-10-22(15-23,11-13-24)16-8-9-19(27-2)20(14-16)28-17-6-4-5-7-17/h8-9,14,17-18H,3-7,10-13H2,1-2H3,(H,25,26). The number of rotatable bonds is 7. The number of piperidine rings is 1. The Morgan fingerprint density at radius 3 is 2.54 bits per heavy atom.